The van der Waals surface area contributed by atoms with Crippen LogP contribution in [0.5, 0.6) is 0 Å². The zero-order chi connectivity index (χ0) is 16.4. The van der Waals surface area contributed by atoms with Crippen molar-refractivity contribution in [2.24, 2.45) is 0 Å². The lowest BCUT2D eigenvalue weighted by Gasteiger charge is -2.28. The van der Waals surface area contributed by atoms with Crippen LogP contribution in [0, 0.1) is 6.92 Å². The third kappa shape index (κ3) is 2.92. The summed E-state index contributed by atoms with van der Waals surface area (Å²) < 4.78 is 7.88. The van der Waals surface area contributed by atoms with Crippen molar-refractivity contribution >= 4 is 17.8 Å². The molecular formula is C21H24N2O. The van der Waals surface area contributed by atoms with Crippen molar-refractivity contribution in [2.75, 3.05) is 31.2 Å². The maximum absolute atomic E-state index is 5.53. The zero-order valence-electron chi connectivity index (χ0n) is 14.2. The summed E-state index contributed by atoms with van der Waals surface area (Å²) in [6.07, 6.45) is 13.6. The number of hydrogen-bond donors (Lipinski definition) is 0. The molecule has 1 fully saturated rings. The van der Waals surface area contributed by atoms with Crippen LogP contribution < -0.4 is 15.5 Å². The second kappa shape index (κ2) is 6.70. The van der Waals surface area contributed by atoms with E-state index in [2.05, 4.69) is 71.2 Å². The van der Waals surface area contributed by atoms with Gasteiger partial charge in [0.05, 0.1) is 24.3 Å². The molecule has 0 radical (unpaired) electrons. The molecule has 24 heavy (non-hydrogen) atoms. The molecule has 0 saturated carbocycles. The Morgan fingerprint density at radius 1 is 1.00 bits per heavy atom. The number of hydrogen-bond acceptors (Lipinski definition) is 2. The van der Waals surface area contributed by atoms with Gasteiger partial charge in [0.2, 0.25) is 0 Å². The second-order valence-electron chi connectivity index (χ2n) is 6.49. The normalized spacial score (nSPS) is 17.5. The molecule has 2 heterocycles. The van der Waals surface area contributed by atoms with E-state index in [4.69, 9.17) is 4.74 Å². The first-order valence-electron chi connectivity index (χ1n) is 8.81. The molecule has 2 aromatic rings. The number of benzene rings is 1. The van der Waals surface area contributed by atoms with E-state index in [0.29, 0.717) is 0 Å². The van der Waals surface area contributed by atoms with Crippen LogP contribution >= 0.6 is 0 Å². The minimum Gasteiger partial charge on any atom is -0.378 e. The van der Waals surface area contributed by atoms with E-state index in [0.717, 1.165) is 39.1 Å². The molecule has 1 aliphatic carbocycles. The highest BCUT2D eigenvalue weighted by Gasteiger charge is 2.16. The zero-order valence-corrected chi connectivity index (χ0v) is 14.2. The van der Waals surface area contributed by atoms with Crippen LogP contribution in [-0.4, -0.2) is 30.9 Å². The van der Waals surface area contributed by atoms with Gasteiger partial charge in [-0.25, -0.2) is 0 Å². The molecule has 124 valence electrons. The summed E-state index contributed by atoms with van der Waals surface area (Å²) in [6, 6.07) is 8.79. The lowest BCUT2D eigenvalue weighted by Crippen LogP contribution is -2.40. The monoisotopic (exact) mass is 320 g/mol. The quantitative estimate of drug-likeness (QED) is 0.846. The standard InChI is InChI=1S/C21H24N2O/c1-17-8-10-18(11-9-17)23-16-21(22-12-14-24-15-13-22)19-6-4-2-3-5-7-20(19)23/h2,4,6-11,16H,3,5,12-15H2,1H3. The van der Waals surface area contributed by atoms with Gasteiger partial charge in [0.15, 0.2) is 0 Å². The first kappa shape index (κ1) is 15.3. The van der Waals surface area contributed by atoms with Crippen LogP contribution in [0.4, 0.5) is 5.69 Å². The van der Waals surface area contributed by atoms with Gasteiger partial charge in [0, 0.05) is 30.2 Å². The van der Waals surface area contributed by atoms with E-state index in [1.165, 1.54) is 27.5 Å². The molecule has 3 nitrogen and oxygen atoms in total. The van der Waals surface area contributed by atoms with Gasteiger partial charge in [-0.3, -0.25) is 0 Å². The van der Waals surface area contributed by atoms with Gasteiger partial charge in [0.1, 0.15) is 0 Å². The lowest BCUT2D eigenvalue weighted by atomic mass is 10.2. The van der Waals surface area contributed by atoms with Crippen molar-refractivity contribution < 1.29 is 4.74 Å². The van der Waals surface area contributed by atoms with Gasteiger partial charge in [0.25, 0.3) is 0 Å². The predicted octanol–water partition coefficient (Wildman–Crippen LogP) is 2.53. The Morgan fingerprint density at radius 3 is 2.58 bits per heavy atom. The van der Waals surface area contributed by atoms with Gasteiger partial charge in [-0.1, -0.05) is 42.0 Å². The van der Waals surface area contributed by atoms with Crippen molar-refractivity contribution in [3.63, 3.8) is 0 Å². The number of ether oxygens (including phenoxy) is 1. The van der Waals surface area contributed by atoms with Crippen LogP contribution in [0.1, 0.15) is 18.4 Å². The summed E-state index contributed by atoms with van der Waals surface area (Å²) in [4.78, 5) is 2.45. The van der Waals surface area contributed by atoms with Gasteiger partial charge in [-0.05, 0) is 31.9 Å². The topological polar surface area (TPSA) is 17.4 Å². The number of rotatable bonds is 2. The largest absolute Gasteiger partial charge is 0.378 e. The highest BCUT2D eigenvalue weighted by Crippen LogP contribution is 2.15. The molecule has 0 atom stereocenters. The van der Waals surface area contributed by atoms with E-state index in [1.807, 2.05) is 0 Å². The van der Waals surface area contributed by atoms with Crippen molar-refractivity contribution in [3.8, 4) is 5.69 Å². The van der Waals surface area contributed by atoms with E-state index in [9.17, 15) is 0 Å². The number of anilines is 1. The fourth-order valence-electron chi connectivity index (χ4n) is 3.45. The number of aromatic nitrogens is 1. The maximum Gasteiger partial charge on any atom is 0.0642 e. The molecule has 1 aromatic heterocycles. The first-order valence-corrected chi connectivity index (χ1v) is 8.81. The van der Waals surface area contributed by atoms with Crippen LogP contribution in [0.15, 0.2) is 42.6 Å². The molecule has 1 aliphatic heterocycles. The van der Waals surface area contributed by atoms with E-state index >= 15 is 0 Å². The Balaban J connectivity index is 1.91. The van der Waals surface area contributed by atoms with E-state index < -0.39 is 0 Å². The van der Waals surface area contributed by atoms with Gasteiger partial charge < -0.3 is 14.2 Å². The molecule has 4 rings (SSSR count). The predicted molar refractivity (Wildman–Crippen MR) is 100 cm³/mol. The average Bonchev–Trinajstić information content (AvgIpc) is 2.93. The average molecular weight is 320 g/mol. The Labute approximate surface area is 143 Å². The highest BCUT2D eigenvalue weighted by atomic mass is 16.5. The van der Waals surface area contributed by atoms with E-state index in [1.54, 1.807) is 0 Å². The summed E-state index contributed by atoms with van der Waals surface area (Å²) in [5, 5.41) is 2.64. The fraction of sp³-hybridized carbons (Fsp3) is 0.333. The molecule has 0 N–H and O–H groups in total. The third-order valence-electron chi connectivity index (χ3n) is 4.80. The van der Waals surface area contributed by atoms with Crippen molar-refractivity contribution in [1.29, 1.82) is 0 Å². The minimum atomic E-state index is 0.810. The van der Waals surface area contributed by atoms with E-state index in [-0.39, 0.29) is 0 Å². The summed E-state index contributed by atoms with van der Waals surface area (Å²) in [5.74, 6) is 0. The van der Waals surface area contributed by atoms with Crippen LogP contribution in [0.2, 0.25) is 0 Å². The number of morpholine rings is 1. The molecule has 3 heteroatoms. The van der Waals surface area contributed by atoms with Crippen LogP contribution in [-0.2, 0) is 4.74 Å². The van der Waals surface area contributed by atoms with Gasteiger partial charge in [-0.2, -0.15) is 0 Å². The minimum absolute atomic E-state index is 0.810. The van der Waals surface area contributed by atoms with Crippen molar-refractivity contribution in [3.05, 3.63) is 58.7 Å². The summed E-state index contributed by atoms with van der Waals surface area (Å²) in [6.45, 7) is 5.67. The Morgan fingerprint density at radius 2 is 1.79 bits per heavy atom. The van der Waals surface area contributed by atoms with Crippen LogP contribution in [0.25, 0.3) is 17.8 Å². The molecule has 0 unspecified atom stereocenters. The smallest absolute Gasteiger partial charge is 0.0642 e. The summed E-state index contributed by atoms with van der Waals surface area (Å²) in [7, 11) is 0. The SMILES string of the molecule is Cc1ccc(-n2cc(N3CCOCC3)c3c2=CCCC=CC=3)cc1. The molecular weight excluding hydrogens is 296 g/mol. The molecule has 1 saturated heterocycles. The fourth-order valence-corrected chi connectivity index (χ4v) is 3.45. The van der Waals surface area contributed by atoms with Crippen molar-refractivity contribution in [2.45, 2.75) is 19.8 Å². The molecule has 1 aromatic carbocycles. The Hall–Kier alpha value is -2.26. The highest BCUT2D eigenvalue weighted by molar-refractivity contribution is 5.58. The lowest BCUT2D eigenvalue weighted by molar-refractivity contribution is 0.122. The third-order valence-corrected chi connectivity index (χ3v) is 4.80. The van der Waals surface area contributed by atoms with Gasteiger partial charge >= 0.3 is 0 Å². The molecule has 0 amide bonds. The number of nitrogens with zero attached hydrogens (tertiary/aromatic N) is 2. The molecule has 0 spiro atoms. The maximum atomic E-state index is 5.53. The summed E-state index contributed by atoms with van der Waals surface area (Å²) in [5.41, 5.74) is 3.84. The number of aryl methyl sites for hydroxylation is 1. The number of fused-ring (bicyclic) bond motifs is 1. The first-order chi connectivity index (χ1) is 11.8. The van der Waals surface area contributed by atoms with Crippen molar-refractivity contribution in [1.82, 2.24) is 4.57 Å². The Kier molecular flexibility index (Phi) is 4.26. The second-order valence-corrected chi connectivity index (χ2v) is 6.49. The number of allylic oxidation sites excluding steroid dienone is 2. The Bertz CT molecular complexity index is 852. The molecule has 0 bridgehead atoms. The van der Waals surface area contributed by atoms with Gasteiger partial charge in [-0.15, -0.1) is 0 Å². The molecule has 2 aliphatic rings. The van der Waals surface area contributed by atoms with Crippen LogP contribution in [0.3, 0.4) is 0 Å². The summed E-state index contributed by atoms with van der Waals surface area (Å²) >= 11 is 0.